The Labute approximate surface area is 166 Å². The third-order valence-electron chi connectivity index (χ3n) is 4.96. The summed E-state index contributed by atoms with van der Waals surface area (Å²) in [7, 11) is 1.62. The molecule has 2 aromatic heterocycles. The van der Waals surface area contributed by atoms with E-state index in [0.29, 0.717) is 17.1 Å². The van der Waals surface area contributed by atoms with Gasteiger partial charge in [-0.05, 0) is 48.0 Å². The molecule has 2 aromatic carbocycles. The number of phenolic OH excluding ortho intramolecular Hbond substituents is 1. The normalized spacial score (nSPS) is 14.2. The number of hydrogen-bond acceptors (Lipinski definition) is 5. The SMILES string of the molecule is COc1cc(-c2ccncc2)c2[nH]cc(C=C3Oc4cc(O)ccc4C3=O)c2c1. The molecule has 5 rings (SSSR count). The fourth-order valence-electron chi connectivity index (χ4n) is 3.54. The molecule has 6 heteroatoms. The molecule has 0 bridgehead atoms. The number of fused-ring (bicyclic) bond motifs is 2. The van der Waals surface area contributed by atoms with Gasteiger partial charge in [0.1, 0.15) is 17.2 Å². The quantitative estimate of drug-likeness (QED) is 0.506. The van der Waals surface area contributed by atoms with Crippen LogP contribution in [0.2, 0.25) is 0 Å². The predicted octanol–water partition coefficient (Wildman–Crippen LogP) is 4.56. The molecule has 0 spiro atoms. The van der Waals surface area contributed by atoms with Gasteiger partial charge in [0, 0.05) is 41.2 Å². The number of methoxy groups -OCH3 is 1. The first kappa shape index (κ1) is 17.1. The highest BCUT2D eigenvalue weighted by atomic mass is 16.5. The second-order valence-corrected chi connectivity index (χ2v) is 6.70. The van der Waals surface area contributed by atoms with E-state index in [1.807, 2.05) is 30.5 Å². The number of carbonyl (C=O) groups excluding carboxylic acids is 1. The van der Waals surface area contributed by atoms with Gasteiger partial charge in [-0.3, -0.25) is 9.78 Å². The van der Waals surface area contributed by atoms with E-state index in [2.05, 4.69) is 9.97 Å². The van der Waals surface area contributed by atoms with Crippen molar-refractivity contribution in [2.24, 2.45) is 0 Å². The Kier molecular flexibility index (Phi) is 3.84. The zero-order valence-electron chi connectivity index (χ0n) is 15.5. The number of allylic oxidation sites excluding steroid dienone is 1. The number of rotatable bonds is 3. The molecule has 0 amide bonds. The van der Waals surface area contributed by atoms with Crippen LogP contribution in [0.5, 0.6) is 17.2 Å². The van der Waals surface area contributed by atoms with Gasteiger partial charge in [0.05, 0.1) is 18.2 Å². The number of pyridine rings is 1. The fourth-order valence-corrected chi connectivity index (χ4v) is 3.54. The van der Waals surface area contributed by atoms with Crippen LogP contribution in [0.25, 0.3) is 28.1 Å². The van der Waals surface area contributed by atoms with Gasteiger partial charge < -0.3 is 19.6 Å². The number of ketones is 1. The summed E-state index contributed by atoms with van der Waals surface area (Å²) >= 11 is 0. The highest BCUT2D eigenvalue weighted by Gasteiger charge is 2.28. The lowest BCUT2D eigenvalue weighted by Gasteiger charge is -2.08. The van der Waals surface area contributed by atoms with E-state index in [0.717, 1.165) is 27.6 Å². The minimum absolute atomic E-state index is 0.0524. The van der Waals surface area contributed by atoms with Crippen LogP contribution in [-0.4, -0.2) is 28.0 Å². The Hall–Kier alpha value is -4.06. The van der Waals surface area contributed by atoms with Crippen LogP contribution in [-0.2, 0) is 0 Å². The number of phenols is 1. The first-order chi connectivity index (χ1) is 14.1. The first-order valence-corrected chi connectivity index (χ1v) is 9.01. The third kappa shape index (κ3) is 2.82. The summed E-state index contributed by atoms with van der Waals surface area (Å²) in [6, 6.07) is 12.2. The second kappa shape index (κ2) is 6.53. The van der Waals surface area contributed by atoms with Gasteiger partial charge >= 0.3 is 0 Å². The molecular formula is C23H16N2O4. The van der Waals surface area contributed by atoms with Crippen LogP contribution >= 0.6 is 0 Å². The number of Topliss-reactive ketones (excluding diaryl/α,β-unsaturated/α-hetero) is 1. The molecule has 6 nitrogen and oxygen atoms in total. The monoisotopic (exact) mass is 384 g/mol. The number of H-pyrrole nitrogens is 1. The smallest absolute Gasteiger partial charge is 0.231 e. The van der Waals surface area contributed by atoms with E-state index < -0.39 is 0 Å². The maximum atomic E-state index is 12.7. The summed E-state index contributed by atoms with van der Waals surface area (Å²) in [6.07, 6.45) is 7.02. The second-order valence-electron chi connectivity index (χ2n) is 6.70. The molecule has 1 aliphatic heterocycles. The average Bonchev–Trinajstić information content (AvgIpc) is 3.29. The van der Waals surface area contributed by atoms with E-state index in [1.165, 1.54) is 12.1 Å². The lowest BCUT2D eigenvalue weighted by molar-refractivity contribution is 0.101. The largest absolute Gasteiger partial charge is 0.508 e. The molecule has 1 aliphatic rings. The molecule has 0 saturated heterocycles. The maximum Gasteiger partial charge on any atom is 0.231 e. The van der Waals surface area contributed by atoms with E-state index in [-0.39, 0.29) is 17.3 Å². The number of benzene rings is 2. The Morgan fingerprint density at radius 1 is 1.10 bits per heavy atom. The highest BCUT2D eigenvalue weighted by molar-refractivity contribution is 6.15. The Morgan fingerprint density at radius 2 is 1.93 bits per heavy atom. The minimum atomic E-state index is -0.216. The number of aromatic amines is 1. The van der Waals surface area contributed by atoms with Crippen molar-refractivity contribution >= 4 is 22.8 Å². The van der Waals surface area contributed by atoms with Crippen molar-refractivity contribution in [3.63, 3.8) is 0 Å². The van der Waals surface area contributed by atoms with Gasteiger partial charge in [-0.25, -0.2) is 0 Å². The summed E-state index contributed by atoms with van der Waals surface area (Å²) in [5, 5.41) is 10.5. The number of aromatic hydroxyl groups is 1. The Bertz CT molecular complexity index is 1290. The lowest BCUT2D eigenvalue weighted by Crippen LogP contribution is -1.97. The summed E-state index contributed by atoms with van der Waals surface area (Å²) in [4.78, 5) is 20.0. The van der Waals surface area contributed by atoms with Gasteiger partial charge in [0.15, 0.2) is 5.76 Å². The third-order valence-corrected chi connectivity index (χ3v) is 4.96. The average molecular weight is 384 g/mol. The molecule has 2 N–H and O–H groups in total. The summed E-state index contributed by atoms with van der Waals surface area (Å²) in [6.45, 7) is 0. The molecule has 0 atom stereocenters. The summed E-state index contributed by atoms with van der Waals surface area (Å²) in [5.74, 6) is 1.11. The summed E-state index contributed by atoms with van der Waals surface area (Å²) < 4.78 is 11.2. The van der Waals surface area contributed by atoms with Gasteiger partial charge in [-0.1, -0.05) is 0 Å². The van der Waals surface area contributed by atoms with Crippen LogP contribution in [0.3, 0.4) is 0 Å². The molecule has 0 saturated carbocycles. The lowest BCUT2D eigenvalue weighted by atomic mass is 10.0. The van der Waals surface area contributed by atoms with Crippen molar-refractivity contribution in [1.29, 1.82) is 0 Å². The zero-order chi connectivity index (χ0) is 20.0. The van der Waals surface area contributed by atoms with E-state index >= 15 is 0 Å². The number of aromatic nitrogens is 2. The number of nitrogens with one attached hydrogen (secondary N) is 1. The molecular weight excluding hydrogens is 368 g/mol. The highest BCUT2D eigenvalue weighted by Crippen LogP contribution is 2.37. The number of hydrogen-bond donors (Lipinski definition) is 2. The molecule has 0 fully saturated rings. The standard InChI is InChI=1S/C23H16N2O4/c1-28-16-10-18(13-4-6-24-7-5-13)22-19(11-16)14(12-25-22)8-21-23(27)17-3-2-15(26)9-20(17)29-21/h2-12,25-26H,1H3. The molecule has 4 aromatic rings. The molecule has 142 valence electrons. The van der Waals surface area contributed by atoms with E-state index in [4.69, 9.17) is 9.47 Å². The van der Waals surface area contributed by atoms with E-state index in [1.54, 1.807) is 31.6 Å². The van der Waals surface area contributed by atoms with Crippen molar-refractivity contribution < 1.29 is 19.4 Å². The van der Waals surface area contributed by atoms with Crippen LogP contribution in [0.4, 0.5) is 0 Å². The van der Waals surface area contributed by atoms with Gasteiger partial charge in [0.2, 0.25) is 5.78 Å². The van der Waals surface area contributed by atoms with Crippen molar-refractivity contribution in [3.05, 3.63) is 77.9 Å². The predicted molar refractivity (Wildman–Crippen MR) is 109 cm³/mol. The van der Waals surface area contributed by atoms with Crippen molar-refractivity contribution in [1.82, 2.24) is 9.97 Å². The Balaban J connectivity index is 1.64. The molecule has 0 aliphatic carbocycles. The minimum Gasteiger partial charge on any atom is -0.508 e. The van der Waals surface area contributed by atoms with Gasteiger partial charge in [-0.2, -0.15) is 0 Å². The maximum absolute atomic E-state index is 12.7. The van der Waals surface area contributed by atoms with Gasteiger partial charge in [-0.15, -0.1) is 0 Å². The van der Waals surface area contributed by atoms with Crippen molar-refractivity contribution in [2.75, 3.05) is 7.11 Å². The molecule has 3 heterocycles. The van der Waals surface area contributed by atoms with Crippen LogP contribution in [0, 0.1) is 0 Å². The molecule has 0 radical (unpaired) electrons. The summed E-state index contributed by atoms with van der Waals surface area (Å²) in [5.41, 5.74) is 4.13. The van der Waals surface area contributed by atoms with Crippen LogP contribution in [0.1, 0.15) is 15.9 Å². The molecule has 29 heavy (non-hydrogen) atoms. The van der Waals surface area contributed by atoms with Crippen molar-refractivity contribution in [3.8, 4) is 28.4 Å². The fraction of sp³-hybridized carbons (Fsp3) is 0.0435. The number of nitrogens with zero attached hydrogens (tertiary/aromatic N) is 1. The first-order valence-electron chi connectivity index (χ1n) is 9.01. The number of carbonyl (C=O) groups is 1. The van der Waals surface area contributed by atoms with Crippen molar-refractivity contribution in [2.45, 2.75) is 0 Å². The Morgan fingerprint density at radius 3 is 2.72 bits per heavy atom. The van der Waals surface area contributed by atoms with Crippen LogP contribution in [0.15, 0.2) is 66.8 Å². The molecule has 0 unspecified atom stereocenters. The zero-order valence-corrected chi connectivity index (χ0v) is 15.5. The topological polar surface area (TPSA) is 84.4 Å². The van der Waals surface area contributed by atoms with Gasteiger partial charge in [0.25, 0.3) is 0 Å². The van der Waals surface area contributed by atoms with Crippen LogP contribution < -0.4 is 9.47 Å². The number of ether oxygens (including phenoxy) is 2. The van der Waals surface area contributed by atoms with E-state index in [9.17, 15) is 9.90 Å².